The molecule has 0 spiro atoms. The summed E-state index contributed by atoms with van der Waals surface area (Å²) >= 11 is 0. The maximum absolute atomic E-state index is 2.41. The Labute approximate surface area is 164 Å². The van der Waals surface area contributed by atoms with E-state index in [2.05, 4.69) is 109 Å². The van der Waals surface area contributed by atoms with Crippen molar-refractivity contribution in [3.05, 3.63) is 102 Å². The van der Waals surface area contributed by atoms with Crippen molar-refractivity contribution in [2.75, 3.05) is 0 Å². The fourth-order valence-electron chi connectivity index (χ4n) is 5.03. The first-order valence-electron chi connectivity index (χ1n) is 9.89. The van der Waals surface area contributed by atoms with Gasteiger partial charge in [-0.25, -0.2) is 0 Å². The van der Waals surface area contributed by atoms with Crippen molar-refractivity contribution in [3.63, 3.8) is 0 Å². The zero-order chi connectivity index (χ0) is 18.9. The molecule has 0 saturated heterocycles. The molecule has 0 aliphatic heterocycles. The molecule has 0 amide bonds. The highest BCUT2D eigenvalue weighted by atomic mass is 15.0. The van der Waals surface area contributed by atoms with Crippen LogP contribution in [0.15, 0.2) is 91.0 Å². The molecular formula is C27H21N. The predicted molar refractivity (Wildman–Crippen MR) is 118 cm³/mol. The summed E-state index contributed by atoms with van der Waals surface area (Å²) in [6.07, 6.45) is 0. The van der Waals surface area contributed by atoms with Crippen LogP contribution in [-0.4, -0.2) is 4.57 Å². The van der Waals surface area contributed by atoms with Gasteiger partial charge in [0, 0.05) is 21.9 Å². The molecule has 1 aliphatic rings. The van der Waals surface area contributed by atoms with Crippen LogP contribution in [0.4, 0.5) is 0 Å². The Kier molecular flexibility index (Phi) is 3.01. The van der Waals surface area contributed by atoms with Crippen molar-refractivity contribution in [3.8, 4) is 16.8 Å². The van der Waals surface area contributed by atoms with E-state index in [1.807, 2.05) is 0 Å². The van der Waals surface area contributed by atoms with E-state index in [4.69, 9.17) is 0 Å². The fraction of sp³-hybridized carbons (Fsp3) is 0.111. The molecule has 0 radical (unpaired) electrons. The van der Waals surface area contributed by atoms with Gasteiger partial charge in [0.25, 0.3) is 0 Å². The van der Waals surface area contributed by atoms with Gasteiger partial charge in [-0.05, 0) is 46.5 Å². The van der Waals surface area contributed by atoms with E-state index < -0.39 is 0 Å². The number of rotatable bonds is 1. The lowest BCUT2D eigenvalue weighted by Gasteiger charge is -2.22. The summed E-state index contributed by atoms with van der Waals surface area (Å²) in [5.74, 6) is 0. The van der Waals surface area contributed by atoms with E-state index in [-0.39, 0.29) is 5.41 Å². The topological polar surface area (TPSA) is 4.93 Å². The second-order valence-electron chi connectivity index (χ2n) is 8.27. The third kappa shape index (κ3) is 1.91. The van der Waals surface area contributed by atoms with Crippen molar-refractivity contribution in [1.29, 1.82) is 0 Å². The Balaban J connectivity index is 1.68. The molecule has 0 saturated carbocycles. The molecule has 4 aromatic carbocycles. The van der Waals surface area contributed by atoms with Crippen molar-refractivity contribution < 1.29 is 0 Å². The molecule has 1 heterocycles. The molecule has 0 N–H and O–H groups in total. The lowest BCUT2D eigenvalue weighted by Crippen LogP contribution is -2.15. The lowest BCUT2D eigenvalue weighted by molar-refractivity contribution is 0.660. The highest BCUT2D eigenvalue weighted by Gasteiger charge is 2.35. The number of hydrogen-bond donors (Lipinski definition) is 0. The normalized spacial score (nSPS) is 14.4. The van der Waals surface area contributed by atoms with Gasteiger partial charge in [0.05, 0.1) is 11.0 Å². The van der Waals surface area contributed by atoms with Crippen LogP contribution < -0.4 is 0 Å². The van der Waals surface area contributed by atoms with Crippen molar-refractivity contribution in [2.24, 2.45) is 0 Å². The van der Waals surface area contributed by atoms with Crippen LogP contribution in [0.1, 0.15) is 25.0 Å². The number of fused-ring (bicyclic) bond motifs is 6. The molecule has 1 aromatic heterocycles. The Hall–Kier alpha value is -3.32. The number of hydrogen-bond acceptors (Lipinski definition) is 0. The van der Waals surface area contributed by atoms with Crippen LogP contribution in [0.3, 0.4) is 0 Å². The quantitative estimate of drug-likeness (QED) is 0.301. The molecule has 0 bridgehead atoms. The molecular weight excluding hydrogens is 338 g/mol. The average Bonchev–Trinajstić information content (AvgIpc) is 3.18. The highest BCUT2D eigenvalue weighted by Crippen LogP contribution is 2.49. The minimum Gasteiger partial charge on any atom is -0.309 e. The zero-order valence-electron chi connectivity index (χ0n) is 16.1. The predicted octanol–water partition coefficient (Wildman–Crippen LogP) is 7.09. The van der Waals surface area contributed by atoms with E-state index in [0.29, 0.717) is 0 Å². The van der Waals surface area contributed by atoms with Gasteiger partial charge in [0.2, 0.25) is 0 Å². The Morgan fingerprint density at radius 1 is 0.571 bits per heavy atom. The van der Waals surface area contributed by atoms with Crippen LogP contribution in [0, 0.1) is 0 Å². The molecule has 0 atom stereocenters. The summed E-state index contributed by atoms with van der Waals surface area (Å²) in [6, 6.07) is 33.2. The first kappa shape index (κ1) is 15.7. The number of benzene rings is 4. The third-order valence-electron chi connectivity index (χ3n) is 6.41. The van der Waals surface area contributed by atoms with Gasteiger partial charge in [-0.3, -0.25) is 0 Å². The summed E-state index contributed by atoms with van der Waals surface area (Å²) in [4.78, 5) is 0. The minimum atomic E-state index is 0.0146. The standard InChI is InChI=1S/C27H21N/c1-27(2)23-12-6-3-9-19(23)20-16-15-18(17-24(20)27)28-25-13-7-4-10-21(25)22-11-5-8-14-26(22)28/h3-17H,1-2H3. The molecule has 1 nitrogen and oxygen atoms in total. The Bertz CT molecular complexity index is 1330. The van der Waals surface area contributed by atoms with E-state index >= 15 is 0 Å². The number of para-hydroxylation sites is 2. The first-order chi connectivity index (χ1) is 13.7. The Morgan fingerprint density at radius 2 is 1.14 bits per heavy atom. The summed E-state index contributed by atoms with van der Waals surface area (Å²) in [7, 11) is 0. The highest BCUT2D eigenvalue weighted by molar-refractivity contribution is 6.09. The molecule has 5 aromatic rings. The smallest absolute Gasteiger partial charge is 0.0541 e. The van der Waals surface area contributed by atoms with Crippen LogP contribution in [0.5, 0.6) is 0 Å². The maximum atomic E-state index is 2.41. The van der Waals surface area contributed by atoms with Gasteiger partial charge in [0.15, 0.2) is 0 Å². The van der Waals surface area contributed by atoms with Gasteiger partial charge in [-0.2, -0.15) is 0 Å². The largest absolute Gasteiger partial charge is 0.309 e. The number of aromatic nitrogens is 1. The monoisotopic (exact) mass is 359 g/mol. The summed E-state index contributed by atoms with van der Waals surface area (Å²) in [5, 5.41) is 2.61. The van der Waals surface area contributed by atoms with Crippen molar-refractivity contribution in [1.82, 2.24) is 4.57 Å². The molecule has 28 heavy (non-hydrogen) atoms. The summed E-state index contributed by atoms with van der Waals surface area (Å²) in [6.45, 7) is 4.68. The molecule has 1 heteroatoms. The lowest BCUT2D eigenvalue weighted by atomic mass is 9.82. The fourth-order valence-corrected chi connectivity index (χ4v) is 5.03. The molecule has 1 aliphatic carbocycles. The average molecular weight is 359 g/mol. The molecule has 0 unspecified atom stereocenters. The second kappa shape index (κ2) is 5.36. The van der Waals surface area contributed by atoms with Gasteiger partial charge in [-0.15, -0.1) is 0 Å². The van der Waals surface area contributed by atoms with E-state index in [1.54, 1.807) is 0 Å². The van der Waals surface area contributed by atoms with Crippen molar-refractivity contribution >= 4 is 21.8 Å². The van der Waals surface area contributed by atoms with Crippen LogP contribution in [0.25, 0.3) is 38.6 Å². The Morgan fingerprint density at radius 3 is 1.86 bits per heavy atom. The summed E-state index contributed by atoms with van der Waals surface area (Å²) in [5.41, 5.74) is 9.34. The minimum absolute atomic E-state index is 0.0146. The summed E-state index contributed by atoms with van der Waals surface area (Å²) < 4.78 is 2.41. The molecule has 0 fully saturated rings. The number of nitrogens with zero attached hydrogens (tertiary/aromatic N) is 1. The zero-order valence-corrected chi connectivity index (χ0v) is 16.1. The van der Waals surface area contributed by atoms with Gasteiger partial charge in [0.1, 0.15) is 0 Å². The maximum Gasteiger partial charge on any atom is 0.0541 e. The van der Waals surface area contributed by atoms with E-state index in [9.17, 15) is 0 Å². The first-order valence-corrected chi connectivity index (χ1v) is 9.89. The van der Waals surface area contributed by atoms with Crippen LogP contribution in [-0.2, 0) is 5.41 Å². The van der Waals surface area contributed by atoms with E-state index in [0.717, 1.165) is 0 Å². The van der Waals surface area contributed by atoms with E-state index in [1.165, 1.54) is 49.7 Å². The molecule has 6 rings (SSSR count). The van der Waals surface area contributed by atoms with Crippen LogP contribution in [0.2, 0.25) is 0 Å². The van der Waals surface area contributed by atoms with Gasteiger partial charge >= 0.3 is 0 Å². The van der Waals surface area contributed by atoms with Crippen LogP contribution >= 0.6 is 0 Å². The third-order valence-corrected chi connectivity index (χ3v) is 6.41. The molecule has 134 valence electrons. The van der Waals surface area contributed by atoms with Crippen molar-refractivity contribution in [2.45, 2.75) is 19.3 Å². The van der Waals surface area contributed by atoms with Gasteiger partial charge < -0.3 is 4.57 Å². The second-order valence-corrected chi connectivity index (χ2v) is 8.27. The SMILES string of the molecule is CC1(C)c2ccccc2-c2ccc(-n3c4ccccc4c4ccccc43)cc21. The van der Waals surface area contributed by atoms with Gasteiger partial charge in [-0.1, -0.05) is 80.6 Å².